The molecular weight excluding hydrogens is 276 g/mol. The first-order valence-electron chi connectivity index (χ1n) is 8.38. The summed E-state index contributed by atoms with van der Waals surface area (Å²) in [5.74, 6) is 0.255. The SMILES string of the molecule is C[C@@H]1CN([C@@H](C(=O)N2CCCC2)c2ccccc2)C[C@@H](C)O1. The van der Waals surface area contributed by atoms with Crippen molar-refractivity contribution in [1.29, 1.82) is 0 Å². The lowest BCUT2D eigenvalue weighted by atomic mass is 10.0. The molecule has 0 N–H and O–H groups in total. The molecule has 3 atom stereocenters. The molecule has 0 aliphatic carbocycles. The van der Waals surface area contributed by atoms with E-state index in [1.54, 1.807) is 0 Å². The molecule has 2 aliphatic rings. The van der Waals surface area contributed by atoms with Crippen molar-refractivity contribution in [3.63, 3.8) is 0 Å². The van der Waals surface area contributed by atoms with Crippen LogP contribution in [0.5, 0.6) is 0 Å². The Hall–Kier alpha value is -1.39. The predicted molar refractivity (Wildman–Crippen MR) is 86.6 cm³/mol. The Labute approximate surface area is 133 Å². The Morgan fingerprint density at radius 2 is 1.68 bits per heavy atom. The molecule has 1 aromatic carbocycles. The van der Waals surface area contributed by atoms with Gasteiger partial charge in [0.2, 0.25) is 5.91 Å². The van der Waals surface area contributed by atoms with E-state index in [1.165, 1.54) is 0 Å². The number of benzene rings is 1. The fourth-order valence-corrected chi connectivity index (χ4v) is 3.68. The first-order valence-corrected chi connectivity index (χ1v) is 8.38. The number of rotatable bonds is 3. The lowest BCUT2D eigenvalue weighted by Gasteiger charge is -2.40. The zero-order chi connectivity index (χ0) is 15.5. The van der Waals surface area contributed by atoms with E-state index in [9.17, 15) is 4.79 Å². The summed E-state index contributed by atoms with van der Waals surface area (Å²) in [7, 11) is 0. The Kier molecular flexibility index (Phi) is 4.79. The highest BCUT2D eigenvalue weighted by Crippen LogP contribution is 2.28. The van der Waals surface area contributed by atoms with Gasteiger partial charge in [-0.05, 0) is 32.3 Å². The van der Waals surface area contributed by atoms with E-state index in [0.717, 1.165) is 44.6 Å². The predicted octanol–water partition coefficient (Wildman–Crippen LogP) is 2.46. The molecule has 3 rings (SSSR count). The summed E-state index contributed by atoms with van der Waals surface area (Å²) < 4.78 is 5.84. The second kappa shape index (κ2) is 6.80. The van der Waals surface area contributed by atoms with E-state index in [-0.39, 0.29) is 24.2 Å². The summed E-state index contributed by atoms with van der Waals surface area (Å²) in [6.45, 7) is 7.60. The third-order valence-corrected chi connectivity index (χ3v) is 4.58. The van der Waals surface area contributed by atoms with Crippen LogP contribution in [-0.4, -0.2) is 54.1 Å². The molecule has 0 radical (unpaired) electrons. The monoisotopic (exact) mass is 302 g/mol. The minimum absolute atomic E-state index is 0.168. The van der Waals surface area contributed by atoms with Crippen LogP contribution in [0, 0.1) is 0 Å². The maximum Gasteiger partial charge on any atom is 0.244 e. The normalized spacial score (nSPS) is 27.8. The van der Waals surface area contributed by atoms with Gasteiger partial charge in [0.1, 0.15) is 6.04 Å². The van der Waals surface area contributed by atoms with Crippen molar-refractivity contribution in [3.8, 4) is 0 Å². The standard InChI is InChI=1S/C18H26N2O2/c1-14-12-20(13-15(2)22-14)17(16-8-4-3-5-9-16)18(21)19-10-6-7-11-19/h3-5,8-9,14-15,17H,6-7,10-13H2,1-2H3/t14-,15-,17-/m1/s1. The van der Waals surface area contributed by atoms with Crippen LogP contribution in [0.1, 0.15) is 38.3 Å². The Morgan fingerprint density at radius 3 is 2.27 bits per heavy atom. The van der Waals surface area contributed by atoms with Gasteiger partial charge < -0.3 is 9.64 Å². The Bertz CT molecular complexity index is 489. The second-order valence-corrected chi connectivity index (χ2v) is 6.56. The van der Waals surface area contributed by atoms with Crippen molar-refractivity contribution in [2.24, 2.45) is 0 Å². The van der Waals surface area contributed by atoms with E-state index in [2.05, 4.69) is 30.9 Å². The van der Waals surface area contributed by atoms with Crippen LogP contribution in [0.15, 0.2) is 30.3 Å². The molecule has 1 amide bonds. The highest BCUT2D eigenvalue weighted by molar-refractivity contribution is 5.83. The zero-order valence-corrected chi connectivity index (χ0v) is 13.6. The first-order chi connectivity index (χ1) is 10.6. The van der Waals surface area contributed by atoms with Gasteiger partial charge in [0.25, 0.3) is 0 Å². The number of carbonyl (C=O) groups is 1. The number of hydrogen-bond donors (Lipinski definition) is 0. The molecule has 1 aromatic rings. The highest BCUT2D eigenvalue weighted by atomic mass is 16.5. The maximum atomic E-state index is 13.1. The molecule has 2 heterocycles. The molecule has 2 saturated heterocycles. The Morgan fingerprint density at radius 1 is 1.09 bits per heavy atom. The van der Waals surface area contributed by atoms with E-state index in [1.807, 2.05) is 23.1 Å². The summed E-state index contributed by atoms with van der Waals surface area (Å²) >= 11 is 0. The number of ether oxygens (including phenoxy) is 1. The van der Waals surface area contributed by atoms with Gasteiger partial charge in [-0.15, -0.1) is 0 Å². The third kappa shape index (κ3) is 3.33. The van der Waals surface area contributed by atoms with Gasteiger partial charge in [-0.1, -0.05) is 30.3 Å². The van der Waals surface area contributed by atoms with Gasteiger partial charge in [0.05, 0.1) is 12.2 Å². The van der Waals surface area contributed by atoms with Crippen molar-refractivity contribution in [1.82, 2.24) is 9.80 Å². The third-order valence-electron chi connectivity index (χ3n) is 4.58. The average Bonchev–Trinajstić information content (AvgIpc) is 3.02. The highest BCUT2D eigenvalue weighted by Gasteiger charge is 2.36. The van der Waals surface area contributed by atoms with Crippen LogP contribution in [-0.2, 0) is 9.53 Å². The quantitative estimate of drug-likeness (QED) is 0.860. The topological polar surface area (TPSA) is 32.8 Å². The largest absolute Gasteiger partial charge is 0.373 e. The van der Waals surface area contributed by atoms with E-state index in [0.29, 0.717) is 0 Å². The summed E-state index contributed by atoms with van der Waals surface area (Å²) in [6, 6.07) is 10.0. The van der Waals surface area contributed by atoms with Crippen molar-refractivity contribution < 1.29 is 9.53 Å². The molecule has 4 heteroatoms. The minimum Gasteiger partial charge on any atom is -0.373 e. The van der Waals surface area contributed by atoms with Crippen LogP contribution in [0.4, 0.5) is 0 Å². The number of hydrogen-bond acceptors (Lipinski definition) is 3. The van der Waals surface area contributed by atoms with Gasteiger partial charge in [0.15, 0.2) is 0 Å². The van der Waals surface area contributed by atoms with E-state index < -0.39 is 0 Å². The van der Waals surface area contributed by atoms with Crippen LogP contribution in [0.25, 0.3) is 0 Å². The first kappa shape index (κ1) is 15.5. The molecule has 2 aliphatic heterocycles. The lowest BCUT2D eigenvalue weighted by Crippen LogP contribution is -2.51. The number of carbonyl (C=O) groups excluding carboxylic acids is 1. The van der Waals surface area contributed by atoms with Crippen molar-refractivity contribution >= 4 is 5.91 Å². The van der Waals surface area contributed by atoms with Gasteiger partial charge in [-0.2, -0.15) is 0 Å². The van der Waals surface area contributed by atoms with Gasteiger partial charge in [-0.3, -0.25) is 9.69 Å². The fourth-order valence-electron chi connectivity index (χ4n) is 3.68. The maximum absolute atomic E-state index is 13.1. The number of morpholine rings is 1. The molecule has 0 saturated carbocycles. The van der Waals surface area contributed by atoms with Crippen molar-refractivity contribution in [2.45, 2.75) is 44.9 Å². The van der Waals surface area contributed by atoms with Crippen LogP contribution >= 0.6 is 0 Å². The lowest BCUT2D eigenvalue weighted by molar-refractivity contribution is -0.142. The Balaban J connectivity index is 1.87. The number of amides is 1. The van der Waals surface area contributed by atoms with Crippen LogP contribution in [0.3, 0.4) is 0 Å². The van der Waals surface area contributed by atoms with Crippen molar-refractivity contribution in [3.05, 3.63) is 35.9 Å². The zero-order valence-electron chi connectivity index (χ0n) is 13.6. The van der Waals surface area contributed by atoms with E-state index >= 15 is 0 Å². The number of nitrogens with zero attached hydrogens (tertiary/aromatic N) is 2. The molecule has 0 aromatic heterocycles. The van der Waals surface area contributed by atoms with Crippen molar-refractivity contribution in [2.75, 3.05) is 26.2 Å². The molecule has 0 unspecified atom stereocenters. The molecule has 0 spiro atoms. The molecular formula is C18H26N2O2. The molecule has 4 nitrogen and oxygen atoms in total. The van der Waals surface area contributed by atoms with Gasteiger partial charge in [-0.25, -0.2) is 0 Å². The summed E-state index contributed by atoms with van der Waals surface area (Å²) in [4.78, 5) is 17.4. The minimum atomic E-state index is -0.173. The second-order valence-electron chi connectivity index (χ2n) is 6.56. The van der Waals surface area contributed by atoms with Gasteiger partial charge in [0, 0.05) is 26.2 Å². The molecule has 120 valence electrons. The smallest absolute Gasteiger partial charge is 0.244 e. The van der Waals surface area contributed by atoms with Crippen LogP contribution in [0.2, 0.25) is 0 Å². The van der Waals surface area contributed by atoms with Crippen LogP contribution < -0.4 is 0 Å². The molecule has 22 heavy (non-hydrogen) atoms. The number of likely N-dealkylation sites (tertiary alicyclic amines) is 1. The fraction of sp³-hybridized carbons (Fsp3) is 0.611. The summed E-state index contributed by atoms with van der Waals surface area (Å²) in [5, 5.41) is 0. The molecule has 2 fully saturated rings. The van der Waals surface area contributed by atoms with Gasteiger partial charge >= 0.3 is 0 Å². The van der Waals surface area contributed by atoms with E-state index in [4.69, 9.17) is 4.74 Å². The summed E-state index contributed by atoms with van der Waals surface area (Å²) in [5.41, 5.74) is 1.10. The average molecular weight is 302 g/mol. The summed E-state index contributed by atoms with van der Waals surface area (Å²) in [6.07, 6.45) is 2.59. The molecule has 0 bridgehead atoms.